The first kappa shape index (κ1) is 21.5. The largest absolute Gasteiger partial charge is 0.294 e. The second-order valence-corrected chi connectivity index (χ2v) is 9.29. The SMILES string of the molecule is Cc1ccc(S(=O)(=O)O)c(CCC(F)Cc2cc(C)ccc2S(=O)(=O)O)c1. The molecule has 0 bridgehead atoms. The zero-order chi connectivity index (χ0) is 20.4. The van der Waals surface area contributed by atoms with Crippen LogP contribution in [0, 0.1) is 13.8 Å². The molecule has 9 heteroatoms. The molecule has 1 unspecified atom stereocenters. The van der Waals surface area contributed by atoms with Crippen LogP contribution in [0.4, 0.5) is 4.39 Å². The molecule has 0 fully saturated rings. The first-order valence-corrected chi connectivity index (χ1v) is 11.0. The number of hydrogen-bond donors (Lipinski definition) is 2. The Labute approximate surface area is 158 Å². The van der Waals surface area contributed by atoms with Crippen LogP contribution in [0.1, 0.15) is 28.7 Å². The minimum absolute atomic E-state index is 0.0466. The van der Waals surface area contributed by atoms with Gasteiger partial charge in [0, 0.05) is 6.42 Å². The summed E-state index contributed by atoms with van der Waals surface area (Å²) in [6.07, 6.45) is -1.75. The molecular formula is C18H21FO6S2. The molecule has 6 nitrogen and oxygen atoms in total. The highest BCUT2D eigenvalue weighted by molar-refractivity contribution is 7.86. The fraction of sp³-hybridized carbons (Fsp3) is 0.333. The lowest BCUT2D eigenvalue weighted by atomic mass is 10.00. The predicted molar refractivity (Wildman–Crippen MR) is 98.9 cm³/mol. The molecule has 1 atom stereocenters. The van der Waals surface area contributed by atoms with E-state index in [1.807, 2.05) is 0 Å². The molecule has 0 amide bonds. The first-order valence-electron chi connectivity index (χ1n) is 8.16. The summed E-state index contributed by atoms with van der Waals surface area (Å²) in [5, 5.41) is 0. The van der Waals surface area contributed by atoms with Gasteiger partial charge in [0.05, 0.1) is 9.79 Å². The molecule has 0 aliphatic rings. The zero-order valence-corrected chi connectivity index (χ0v) is 16.5. The first-order chi connectivity index (χ1) is 12.4. The Kier molecular flexibility index (Phi) is 6.41. The normalized spacial score (nSPS) is 13.5. The van der Waals surface area contributed by atoms with Crippen LogP contribution in [-0.2, 0) is 33.1 Å². The summed E-state index contributed by atoms with van der Waals surface area (Å²) in [5.74, 6) is 0. The maximum absolute atomic E-state index is 14.5. The van der Waals surface area contributed by atoms with Crippen LogP contribution in [0.15, 0.2) is 46.2 Å². The lowest BCUT2D eigenvalue weighted by Gasteiger charge is -2.13. The molecule has 2 aromatic carbocycles. The molecule has 0 radical (unpaired) electrons. The van der Waals surface area contributed by atoms with E-state index in [1.54, 1.807) is 19.9 Å². The number of benzene rings is 2. The van der Waals surface area contributed by atoms with Crippen molar-refractivity contribution < 1.29 is 30.3 Å². The van der Waals surface area contributed by atoms with Gasteiger partial charge in [-0.2, -0.15) is 16.8 Å². The second-order valence-electron chi connectivity index (χ2n) is 6.51. The van der Waals surface area contributed by atoms with E-state index in [0.717, 1.165) is 11.1 Å². The summed E-state index contributed by atoms with van der Waals surface area (Å²) < 4.78 is 78.9. The Hall–Kier alpha value is -1.81. The number of aryl methyl sites for hydroxylation is 3. The summed E-state index contributed by atoms with van der Waals surface area (Å²) in [6.45, 7) is 3.46. The maximum Gasteiger partial charge on any atom is 0.294 e. The molecule has 148 valence electrons. The molecule has 0 aliphatic heterocycles. The molecule has 2 N–H and O–H groups in total. The molecule has 0 aliphatic carbocycles. The van der Waals surface area contributed by atoms with Gasteiger partial charge < -0.3 is 0 Å². The van der Waals surface area contributed by atoms with Gasteiger partial charge in [-0.15, -0.1) is 0 Å². The third-order valence-electron chi connectivity index (χ3n) is 4.16. The number of alkyl halides is 1. The van der Waals surface area contributed by atoms with Crippen LogP contribution >= 0.6 is 0 Å². The van der Waals surface area contributed by atoms with E-state index in [1.165, 1.54) is 30.3 Å². The Morgan fingerprint density at radius 2 is 1.30 bits per heavy atom. The van der Waals surface area contributed by atoms with Crippen molar-refractivity contribution in [3.8, 4) is 0 Å². The monoisotopic (exact) mass is 416 g/mol. The van der Waals surface area contributed by atoms with Gasteiger partial charge in [-0.1, -0.05) is 35.4 Å². The predicted octanol–water partition coefficient (Wildman–Crippen LogP) is 3.31. The van der Waals surface area contributed by atoms with E-state index in [4.69, 9.17) is 0 Å². The van der Waals surface area contributed by atoms with Crippen molar-refractivity contribution in [1.82, 2.24) is 0 Å². The topological polar surface area (TPSA) is 109 Å². The van der Waals surface area contributed by atoms with Crippen LogP contribution in [0.25, 0.3) is 0 Å². The van der Waals surface area contributed by atoms with Crippen LogP contribution in [0.3, 0.4) is 0 Å². The quantitative estimate of drug-likeness (QED) is 0.671. The second kappa shape index (κ2) is 8.05. The molecule has 2 aromatic rings. The van der Waals surface area contributed by atoms with Crippen molar-refractivity contribution in [2.24, 2.45) is 0 Å². The summed E-state index contributed by atoms with van der Waals surface area (Å²) in [7, 11) is -8.90. The highest BCUT2D eigenvalue weighted by Gasteiger charge is 2.20. The van der Waals surface area contributed by atoms with Crippen molar-refractivity contribution in [2.45, 2.75) is 49.1 Å². The summed E-state index contributed by atoms with van der Waals surface area (Å²) >= 11 is 0. The van der Waals surface area contributed by atoms with Crippen LogP contribution in [0.2, 0.25) is 0 Å². The highest BCUT2D eigenvalue weighted by atomic mass is 32.2. The van der Waals surface area contributed by atoms with E-state index in [-0.39, 0.29) is 34.6 Å². The lowest BCUT2D eigenvalue weighted by molar-refractivity contribution is 0.310. The fourth-order valence-corrected chi connectivity index (χ4v) is 4.37. The smallest absolute Gasteiger partial charge is 0.282 e. The summed E-state index contributed by atoms with van der Waals surface area (Å²) in [5.41, 5.74) is 1.93. The van der Waals surface area contributed by atoms with Gasteiger partial charge in [-0.05, 0) is 49.9 Å². The average molecular weight is 416 g/mol. The molecule has 27 heavy (non-hydrogen) atoms. The van der Waals surface area contributed by atoms with Crippen LogP contribution in [-0.4, -0.2) is 32.1 Å². The molecule has 2 rings (SSSR count). The van der Waals surface area contributed by atoms with E-state index in [9.17, 15) is 30.3 Å². The molecule has 0 saturated heterocycles. The van der Waals surface area contributed by atoms with Gasteiger partial charge in [0.25, 0.3) is 20.2 Å². The van der Waals surface area contributed by atoms with Gasteiger partial charge in [0.15, 0.2) is 0 Å². The van der Waals surface area contributed by atoms with Crippen molar-refractivity contribution in [2.75, 3.05) is 0 Å². The van der Waals surface area contributed by atoms with Gasteiger partial charge in [-0.3, -0.25) is 9.11 Å². The molecule has 0 heterocycles. The maximum atomic E-state index is 14.5. The number of hydrogen-bond acceptors (Lipinski definition) is 4. The summed E-state index contributed by atoms with van der Waals surface area (Å²) in [6, 6.07) is 8.58. The highest BCUT2D eigenvalue weighted by Crippen LogP contribution is 2.24. The number of rotatable bonds is 7. The Bertz CT molecular complexity index is 1050. The minimum Gasteiger partial charge on any atom is -0.282 e. The third-order valence-corrected chi connectivity index (χ3v) is 6.06. The van der Waals surface area contributed by atoms with Crippen LogP contribution in [0.5, 0.6) is 0 Å². The molecular weight excluding hydrogens is 395 g/mol. The molecule has 0 aromatic heterocycles. The molecule has 0 spiro atoms. The van der Waals surface area contributed by atoms with E-state index in [2.05, 4.69) is 0 Å². The van der Waals surface area contributed by atoms with E-state index < -0.39 is 26.4 Å². The van der Waals surface area contributed by atoms with Crippen molar-refractivity contribution in [3.05, 3.63) is 58.7 Å². The number of halogens is 1. The lowest BCUT2D eigenvalue weighted by Crippen LogP contribution is -2.12. The Morgan fingerprint density at radius 1 is 0.852 bits per heavy atom. The van der Waals surface area contributed by atoms with Crippen molar-refractivity contribution in [3.63, 3.8) is 0 Å². The van der Waals surface area contributed by atoms with E-state index in [0.29, 0.717) is 5.56 Å². The van der Waals surface area contributed by atoms with E-state index >= 15 is 0 Å². The third kappa shape index (κ3) is 5.83. The van der Waals surface area contributed by atoms with Gasteiger partial charge in [-0.25, -0.2) is 4.39 Å². The zero-order valence-electron chi connectivity index (χ0n) is 14.9. The van der Waals surface area contributed by atoms with Crippen molar-refractivity contribution >= 4 is 20.2 Å². The van der Waals surface area contributed by atoms with Gasteiger partial charge in [0.1, 0.15) is 6.17 Å². The fourth-order valence-electron chi connectivity index (χ4n) is 2.93. The standard InChI is InChI=1S/C18H21FO6S2/c1-12-3-7-17(26(20,21)22)14(9-12)5-6-16(19)11-15-10-13(2)4-8-18(15)27(23,24)25/h3-4,7-10,16H,5-6,11H2,1-2H3,(H,20,21,22)(H,23,24,25). The average Bonchev–Trinajstić information content (AvgIpc) is 2.50. The van der Waals surface area contributed by atoms with Crippen molar-refractivity contribution in [1.29, 1.82) is 0 Å². The summed E-state index contributed by atoms with van der Waals surface area (Å²) in [4.78, 5) is -0.612. The molecule has 0 saturated carbocycles. The van der Waals surface area contributed by atoms with Gasteiger partial charge >= 0.3 is 0 Å². The van der Waals surface area contributed by atoms with Crippen LogP contribution < -0.4 is 0 Å². The Balaban J connectivity index is 2.21. The van der Waals surface area contributed by atoms with Gasteiger partial charge in [0.2, 0.25) is 0 Å². The Morgan fingerprint density at radius 3 is 1.78 bits per heavy atom. The minimum atomic E-state index is -4.47.